The fraction of sp³-hybridized carbons (Fsp3) is 0.769. The molecular weight excluding hydrogens is 248 g/mol. The zero-order valence-electron chi connectivity index (χ0n) is 11.3. The molecule has 2 saturated heterocycles. The van der Waals surface area contributed by atoms with Crippen LogP contribution in [0.3, 0.4) is 0 Å². The van der Waals surface area contributed by atoms with Gasteiger partial charge in [0.1, 0.15) is 6.04 Å². The minimum Gasteiger partial charge on any atom is -0.480 e. The van der Waals surface area contributed by atoms with Crippen LogP contribution in [0.4, 0.5) is 0 Å². The number of rotatable bonds is 2. The van der Waals surface area contributed by atoms with Crippen LogP contribution in [-0.4, -0.2) is 46.9 Å². The maximum Gasteiger partial charge on any atom is 0.326 e. The van der Waals surface area contributed by atoms with Crippen LogP contribution in [0.25, 0.3) is 0 Å². The Morgan fingerprint density at radius 3 is 2.63 bits per heavy atom. The standard InChI is InChI=1S/C13H20N2O4/c1-13(2)4-3-5-15(10(13)12(18)19)11(17)8-6-9(16)14-7-8/h8,10H,3-7H2,1-2H3,(H,14,16)(H,18,19). The maximum atomic E-state index is 12.4. The first-order valence-electron chi connectivity index (χ1n) is 6.63. The smallest absolute Gasteiger partial charge is 0.326 e. The van der Waals surface area contributed by atoms with Gasteiger partial charge in [-0.3, -0.25) is 9.59 Å². The molecule has 0 aromatic carbocycles. The van der Waals surface area contributed by atoms with E-state index in [1.165, 1.54) is 4.90 Å². The summed E-state index contributed by atoms with van der Waals surface area (Å²) in [7, 11) is 0. The van der Waals surface area contributed by atoms with E-state index in [0.29, 0.717) is 13.1 Å². The molecule has 0 radical (unpaired) electrons. The summed E-state index contributed by atoms with van der Waals surface area (Å²) in [5.74, 6) is -1.72. The van der Waals surface area contributed by atoms with Gasteiger partial charge in [0.25, 0.3) is 0 Å². The molecule has 2 rings (SSSR count). The Morgan fingerprint density at radius 2 is 2.11 bits per heavy atom. The van der Waals surface area contributed by atoms with E-state index in [0.717, 1.165) is 12.8 Å². The van der Waals surface area contributed by atoms with E-state index in [1.54, 1.807) is 0 Å². The summed E-state index contributed by atoms with van der Waals surface area (Å²) in [4.78, 5) is 36.5. The molecule has 0 aromatic heterocycles. The molecule has 0 saturated carbocycles. The van der Waals surface area contributed by atoms with Crippen LogP contribution < -0.4 is 5.32 Å². The molecule has 106 valence electrons. The molecule has 0 bridgehead atoms. The number of likely N-dealkylation sites (tertiary alicyclic amines) is 1. The summed E-state index contributed by atoms with van der Waals surface area (Å²) < 4.78 is 0. The molecule has 2 unspecified atom stereocenters. The largest absolute Gasteiger partial charge is 0.480 e. The van der Waals surface area contributed by atoms with Crippen molar-refractivity contribution in [1.82, 2.24) is 10.2 Å². The van der Waals surface area contributed by atoms with Crippen LogP contribution in [0.2, 0.25) is 0 Å². The van der Waals surface area contributed by atoms with Crippen LogP contribution in [0.1, 0.15) is 33.1 Å². The van der Waals surface area contributed by atoms with Crippen molar-refractivity contribution in [2.45, 2.75) is 39.2 Å². The summed E-state index contributed by atoms with van der Waals surface area (Å²) in [6.45, 7) is 4.54. The Morgan fingerprint density at radius 1 is 1.42 bits per heavy atom. The minimum atomic E-state index is -0.963. The normalized spacial score (nSPS) is 30.0. The molecule has 0 aromatic rings. The fourth-order valence-electron chi connectivity index (χ4n) is 3.11. The number of hydrogen-bond acceptors (Lipinski definition) is 3. The number of nitrogens with zero attached hydrogens (tertiary/aromatic N) is 1. The Kier molecular flexibility index (Phi) is 3.52. The summed E-state index contributed by atoms with van der Waals surface area (Å²) in [5, 5.41) is 12.0. The molecule has 0 aliphatic carbocycles. The predicted octanol–water partition coefficient (Wildman–Crippen LogP) is 0.224. The number of nitrogens with one attached hydrogen (secondary N) is 1. The molecule has 2 atom stereocenters. The zero-order chi connectivity index (χ0) is 14.2. The van der Waals surface area contributed by atoms with Crippen molar-refractivity contribution in [1.29, 1.82) is 0 Å². The number of piperidine rings is 1. The van der Waals surface area contributed by atoms with Crippen molar-refractivity contribution in [2.75, 3.05) is 13.1 Å². The molecule has 2 amide bonds. The average molecular weight is 268 g/mol. The van der Waals surface area contributed by atoms with Gasteiger partial charge in [-0.25, -0.2) is 4.79 Å². The lowest BCUT2D eigenvalue weighted by molar-refractivity contribution is -0.160. The summed E-state index contributed by atoms with van der Waals surface area (Å²) in [6.07, 6.45) is 1.76. The second kappa shape index (κ2) is 4.83. The van der Waals surface area contributed by atoms with E-state index < -0.39 is 23.3 Å². The quantitative estimate of drug-likeness (QED) is 0.750. The molecule has 6 heteroatoms. The molecule has 2 fully saturated rings. The average Bonchev–Trinajstić information content (AvgIpc) is 2.72. The number of carboxylic acids is 1. The highest BCUT2D eigenvalue weighted by Gasteiger charge is 2.46. The first kappa shape index (κ1) is 13.8. The topological polar surface area (TPSA) is 86.7 Å². The highest BCUT2D eigenvalue weighted by atomic mass is 16.4. The monoisotopic (exact) mass is 268 g/mol. The lowest BCUT2D eigenvalue weighted by Crippen LogP contribution is -2.57. The van der Waals surface area contributed by atoms with Crippen LogP contribution in [-0.2, 0) is 14.4 Å². The fourth-order valence-corrected chi connectivity index (χ4v) is 3.11. The molecular formula is C13H20N2O4. The van der Waals surface area contributed by atoms with Gasteiger partial charge in [0.05, 0.1) is 5.92 Å². The minimum absolute atomic E-state index is 0.138. The lowest BCUT2D eigenvalue weighted by atomic mass is 9.76. The number of carboxylic acid groups (broad SMARTS) is 1. The number of aliphatic carboxylic acids is 1. The van der Waals surface area contributed by atoms with E-state index in [4.69, 9.17) is 0 Å². The van der Waals surface area contributed by atoms with Crippen molar-refractivity contribution in [3.8, 4) is 0 Å². The molecule has 2 aliphatic rings. The number of amides is 2. The molecule has 0 spiro atoms. The third kappa shape index (κ3) is 2.57. The summed E-state index contributed by atoms with van der Waals surface area (Å²) in [6, 6.07) is -0.801. The number of carbonyl (C=O) groups is 3. The SMILES string of the molecule is CC1(C)CCCN(C(=O)C2CNC(=O)C2)C1C(=O)O. The van der Waals surface area contributed by atoms with Gasteiger partial charge in [-0.15, -0.1) is 0 Å². The second-order valence-corrected chi connectivity index (χ2v) is 6.07. The van der Waals surface area contributed by atoms with Crippen molar-refractivity contribution in [2.24, 2.45) is 11.3 Å². The lowest BCUT2D eigenvalue weighted by Gasteiger charge is -2.44. The Bertz CT molecular complexity index is 419. The van der Waals surface area contributed by atoms with Gasteiger partial charge >= 0.3 is 5.97 Å². The van der Waals surface area contributed by atoms with E-state index in [-0.39, 0.29) is 18.2 Å². The van der Waals surface area contributed by atoms with Crippen molar-refractivity contribution >= 4 is 17.8 Å². The second-order valence-electron chi connectivity index (χ2n) is 6.07. The van der Waals surface area contributed by atoms with Gasteiger partial charge in [-0.1, -0.05) is 13.8 Å². The molecule has 2 heterocycles. The molecule has 6 nitrogen and oxygen atoms in total. The maximum absolute atomic E-state index is 12.4. The van der Waals surface area contributed by atoms with Gasteiger partial charge in [0.2, 0.25) is 11.8 Å². The molecule has 2 N–H and O–H groups in total. The van der Waals surface area contributed by atoms with Crippen molar-refractivity contribution in [3.05, 3.63) is 0 Å². The van der Waals surface area contributed by atoms with Crippen molar-refractivity contribution < 1.29 is 19.5 Å². The van der Waals surface area contributed by atoms with Gasteiger partial charge in [0, 0.05) is 19.5 Å². The van der Waals surface area contributed by atoms with Gasteiger partial charge in [-0.05, 0) is 18.3 Å². The number of hydrogen-bond donors (Lipinski definition) is 2. The van der Waals surface area contributed by atoms with Gasteiger partial charge < -0.3 is 15.3 Å². The van der Waals surface area contributed by atoms with E-state index in [2.05, 4.69) is 5.32 Å². The van der Waals surface area contributed by atoms with E-state index >= 15 is 0 Å². The highest BCUT2D eigenvalue weighted by Crippen LogP contribution is 2.36. The van der Waals surface area contributed by atoms with Crippen LogP contribution in [0.15, 0.2) is 0 Å². The Hall–Kier alpha value is -1.59. The third-order valence-corrected chi connectivity index (χ3v) is 4.12. The summed E-state index contributed by atoms with van der Waals surface area (Å²) in [5.41, 5.74) is -0.435. The zero-order valence-corrected chi connectivity index (χ0v) is 11.3. The first-order valence-corrected chi connectivity index (χ1v) is 6.63. The molecule has 19 heavy (non-hydrogen) atoms. The van der Waals surface area contributed by atoms with Crippen LogP contribution in [0.5, 0.6) is 0 Å². The number of carbonyl (C=O) groups excluding carboxylic acids is 2. The molecule has 2 aliphatic heterocycles. The van der Waals surface area contributed by atoms with Crippen LogP contribution in [0, 0.1) is 11.3 Å². The third-order valence-electron chi connectivity index (χ3n) is 4.12. The van der Waals surface area contributed by atoms with Gasteiger partial charge in [-0.2, -0.15) is 0 Å². The van der Waals surface area contributed by atoms with E-state index in [9.17, 15) is 19.5 Å². The van der Waals surface area contributed by atoms with Gasteiger partial charge in [0.15, 0.2) is 0 Å². The summed E-state index contributed by atoms with van der Waals surface area (Å²) >= 11 is 0. The van der Waals surface area contributed by atoms with Crippen molar-refractivity contribution in [3.63, 3.8) is 0 Å². The Labute approximate surface area is 112 Å². The van der Waals surface area contributed by atoms with E-state index in [1.807, 2.05) is 13.8 Å². The van der Waals surface area contributed by atoms with Crippen LogP contribution >= 0.6 is 0 Å². The predicted molar refractivity (Wildman–Crippen MR) is 67.3 cm³/mol. The first-order chi connectivity index (χ1) is 8.83. The Balaban J connectivity index is 2.19. The highest BCUT2D eigenvalue weighted by molar-refractivity contribution is 5.91.